The number of nitrogens with two attached hydrogens (primary N) is 1. The maximum absolute atomic E-state index is 13.5. The first-order chi connectivity index (χ1) is 42.2. The molecule has 2 aromatic heterocycles. The van der Waals surface area contributed by atoms with Crippen molar-refractivity contribution < 1.29 is 74.4 Å². The van der Waals surface area contributed by atoms with Crippen LogP contribution in [0.3, 0.4) is 0 Å². The van der Waals surface area contributed by atoms with Crippen molar-refractivity contribution in [3.05, 3.63) is 52.8 Å². The molecule has 6 aliphatic carbocycles. The molecule has 490 valence electrons. The van der Waals surface area contributed by atoms with Crippen LogP contribution < -0.4 is 16.0 Å². The summed E-state index contributed by atoms with van der Waals surface area (Å²) in [7, 11) is 2.92. The van der Waals surface area contributed by atoms with E-state index in [9.17, 15) is 50.3 Å². The van der Waals surface area contributed by atoms with Crippen LogP contribution in [0.25, 0.3) is 4.85 Å². The molecule has 9 rings (SSSR count). The maximum atomic E-state index is 13.5. The molecule has 0 aromatic carbocycles. The number of aliphatic carboxylic acids is 1. The number of hydrogen-bond donors (Lipinski definition) is 3. The molecular weight excluding hydrogens is 1240 g/mol. The number of alkyl halides is 6. The first-order valence-electron chi connectivity index (χ1n) is 29.2. The lowest BCUT2D eigenvalue weighted by atomic mass is 9.73. The first kappa shape index (κ1) is 76.9. The Labute approximate surface area is 531 Å². The third kappa shape index (κ3) is 22.6. The minimum atomic E-state index is -4.79. The summed E-state index contributed by atoms with van der Waals surface area (Å²) < 4.78 is 91.7. The molecule has 0 unspecified atom stereocenters. The number of ether oxygens (including phenoxy) is 3. The molecule has 0 radical (unpaired) electrons. The van der Waals surface area contributed by atoms with Crippen LogP contribution in [0, 0.1) is 57.9 Å². The smallest absolute Gasteiger partial charge is 0.419 e. The number of pyridine rings is 2. The molecule has 7 aliphatic rings. The molecule has 0 atom stereocenters. The lowest BCUT2D eigenvalue weighted by molar-refractivity contribution is -0.148. The number of carbonyl (C=O) groups is 6. The van der Waals surface area contributed by atoms with E-state index < -0.39 is 54.6 Å². The number of Topliss-reactive ketones (excluding diaryl/α,β-unsaturated/α-hetero) is 1. The molecule has 3 heterocycles. The SMILES string of the molecule is CC(=O)O.COC(=O)C1CCC(N)CC1.COC(=O)C1CCC(N2C(=S)N(c3cnc(C#N)c(C(F)(F)F)c3)C(=O)C23CCC3)CC1.COC(=O)C1CCC(NC2(C#N)CCC2)CC1.C[Si](C)(C)C#N.O=C1CCC1.[C-]#[N+]c1ncc(N=C=S)cc1C(F)(F)F. The number of halogens is 6. The zero-order chi connectivity index (χ0) is 67.8. The molecule has 4 N–H and O–H groups in total. The van der Waals surface area contributed by atoms with Gasteiger partial charge < -0.3 is 34.8 Å². The number of carbonyl (C=O) groups excluding carboxylic acids is 5. The number of aromatic nitrogens is 2. The van der Waals surface area contributed by atoms with Gasteiger partial charge in [0.2, 0.25) is 0 Å². The van der Waals surface area contributed by atoms with Crippen molar-refractivity contribution in [2.75, 3.05) is 26.2 Å². The fraction of sp³-hybridized carbons (Fsp3) is 0.633. The number of methoxy groups -OCH3 is 3. The van der Waals surface area contributed by atoms with Crippen molar-refractivity contribution in [2.24, 2.45) is 28.5 Å². The highest BCUT2D eigenvalue weighted by atomic mass is 32.1. The number of ketones is 1. The number of isothiocyanates is 1. The van der Waals surface area contributed by atoms with Gasteiger partial charge >= 0.3 is 30.3 Å². The van der Waals surface area contributed by atoms with E-state index in [2.05, 4.69) is 53.8 Å². The summed E-state index contributed by atoms with van der Waals surface area (Å²) in [6.07, 6.45) is 10.4. The Hall–Kier alpha value is -7.31. The predicted molar refractivity (Wildman–Crippen MR) is 327 cm³/mol. The Kier molecular flexibility index (Phi) is 30.2. The fourth-order valence-corrected chi connectivity index (χ4v) is 11.2. The average molecular weight is 1320 g/mol. The third-order valence-corrected chi connectivity index (χ3v) is 17.1. The van der Waals surface area contributed by atoms with Gasteiger partial charge in [-0.15, -0.1) is 4.98 Å². The number of nitrogens with zero attached hydrogens (tertiary/aromatic N) is 9. The first-order valence-corrected chi connectivity index (χ1v) is 33.5. The molecule has 1 saturated heterocycles. The number of nitrogens with one attached hydrogen (secondary N) is 1. The van der Waals surface area contributed by atoms with Gasteiger partial charge in [-0.05, 0) is 159 Å². The normalized spacial score (nSPS) is 22.5. The van der Waals surface area contributed by atoms with Crippen molar-refractivity contribution in [1.29, 1.82) is 15.8 Å². The van der Waals surface area contributed by atoms with Crippen LogP contribution >= 0.6 is 24.4 Å². The lowest BCUT2D eigenvalue weighted by Crippen LogP contribution is -2.58. The molecule has 2 aromatic rings. The molecule has 90 heavy (non-hydrogen) atoms. The minimum Gasteiger partial charge on any atom is -0.481 e. The van der Waals surface area contributed by atoms with Crippen molar-refractivity contribution in [3.63, 3.8) is 0 Å². The van der Waals surface area contributed by atoms with Gasteiger partial charge in [-0.2, -0.15) is 41.9 Å². The second kappa shape index (κ2) is 35.3. The molecule has 21 nitrogen and oxygen atoms in total. The van der Waals surface area contributed by atoms with Gasteiger partial charge in [-0.25, -0.2) is 10.2 Å². The minimum absolute atomic E-state index is 0.0671. The molecule has 7 fully saturated rings. The highest BCUT2D eigenvalue weighted by Crippen LogP contribution is 2.49. The monoisotopic (exact) mass is 1320 g/mol. The molecule has 1 amide bonds. The quantitative estimate of drug-likeness (QED) is 0.0420. The van der Waals surface area contributed by atoms with Gasteiger partial charge in [0.05, 0.1) is 73.3 Å². The van der Waals surface area contributed by atoms with E-state index in [4.69, 9.17) is 59.7 Å². The van der Waals surface area contributed by atoms with Crippen molar-refractivity contribution in [3.8, 4) is 17.8 Å². The molecule has 30 heteroatoms. The Balaban J connectivity index is 0.000000309. The second-order valence-electron chi connectivity index (χ2n) is 23.5. The third-order valence-electron chi connectivity index (χ3n) is 15.9. The molecule has 0 bridgehead atoms. The number of carboxylic acids is 1. The second-order valence-corrected chi connectivity index (χ2v) is 28.7. The lowest BCUT2D eigenvalue weighted by Gasteiger charge is -2.48. The topological polar surface area (TPSA) is 309 Å². The summed E-state index contributed by atoms with van der Waals surface area (Å²) >= 11 is 9.86. The Morgan fingerprint density at radius 1 is 0.778 bits per heavy atom. The van der Waals surface area contributed by atoms with E-state index in [1.807, 2.05) is 29.7 Å². The van der Waals surface area contributed by atoms with Gasteiger partial charge in [0.15, 0.2) is 18.9 Å². The number of rotatable bonds is 8. The number of amides is 1. The summed E-state index contributed by atoms with van der Waals surface area (Å²) in [5.74, 6) is -1.89. The van der Waals surface area contributed by atoms with E-state index >= 15 is 0 Å². The van der Waals surface area contributed by atoms with Gasteiger partial charge in [0.25, 0.3) is 17.7 Å². The van der Waals surface area contributed by atoms with Crippen LogP contribution in [0.2, 0.25) is 19.6 Å². The van der Waals surface area contributed by atoms with Crippen LogP contribution in [-0.4, -0.2) is 124 Å². The highest BCUT2D eigenvalue weighted by Gasteiger charge is 2.61. The predicted octanol–water partition coefficient (Wildman–Crippen LogP) is 11.6. The Bertz CT molecular complexity index is 3060. The average Bonchev–Trinajstić information content (AvgIpc) is 1.57. The van der Waals surface area contributed by atoms with Crippen LogP contribution in [0.1, 0.15) is 159 Å². The molecular formula is C60H77F6N11O10S2Si. The molecule has 1 aliphatic heterocycles. The van der Waals surface area contributed by atoms with Crippen LogP contribution in [0.15, 0.2) is 29.5 Å². The standard InChI is InChI=1S/C21H21F3N4O3S.C13H20N2O2.C8H2F3N3S.C8H15NO2.C4H9NSi.C4H6O.C2H4O2/c1-31-17(29)12-3-5-13(6-4-12)28-19(32)27(18(30)20(28)7-2-8-20)14-9-15(21(22,23)24)16(10-25)26-11-14;1-17-12(16)10-3-5-11(6-4-10)15-13(9-14)7-2-8-13;1-12-7-6(8(9,10)11)2-5(3-13-7)14-4-15;1-11-8(10)6-2-4-7(9)5-3-6;1-6(2,3)4-5;5-4-2-1-3-4;1-2(3)4/h9,11-13H,2-8H2,1H3;10-11,15H,2-8H2,1H3;2-3H;6-7H,2-5,9H2,1H3;1-3H3;1-3H2;1H3,(H,3,4). The Morgan fingerprint density at radius 2 is 1.23 bits per heavy atom. The van der Waals surface area contributed by atoms with Crippen molar-refractivity contribution in [2.45, 2.75) is 203 Å². The zero-order valence-corrected chi connectivity index (χ0v) is 54.1. The summed E-state index contributed by atoms with van der Waals surface area (Å²) in [4.78, 5) is 82.6. The number of hydrogen-bond acceptors (Lipinski definition) is 19. The number of aliphatic imine (C=N–C) groups is 1. The maximum Gasteiger partial charge on any atom is 0.419 e. The van der Waals surface area contributed by atoms with Crippen LogP contribution in [-0.2, 0) is 55.3 Å². The number of nitriles is 3. The van der Waals surface area contributed by atoms with E-state index in [1.54, 1.807) is 0 Å². The number of esters is 3. The van der Waals surface area contributed by atoms with Gasteiger partial charge in [0, 0.05) is 43.6 Å². The van der Waals surface area contributed by atoms with E-state index in [0.717, 1.165) is 127 Å². The van der Waals surface area contributed by atoms with Gasteiger partial charge in [0.1, 0.15) is 34.8 Å². The van der Waals surface area contributed by atoms with Gasteiger partial charge in [-0.1, -0.05) is 26.2 Å². The van der Waals surface area contributed by atoms with Crippen LogP contribution in [0.4, 0.5) is 43.5 Å². The van der Waals surface area contributed by atoms with E-state index in [-0.39, 0.29) is 69.6 Å². The molecule has 6 saturated carbocycles. The van der Waals surface area contributed by atoms with E-state index in [1.165, 1.54) is 27.4 Å². The van der Waals surface area contributed by atoms with E-state index in [0.29, 0.717) is 62.5 Å². The summed E-state index contributed by atoms with van der Waals surface area (Å²) in [6.45, 7) is 13.7. The fourth-order valence-electron chi connectivity index (χ4n) is 10.6. The largest absolute Gasteiger partial charge is 0.481 e. The number of anilines is 1. The van der Waals surface area contributed by atoms with Gasteiger partial charge in [-0.3, -0.25) is 39.0 Å². The molecule has 1 spiro atoms. The number of thiocarbonyl (C=S) groups is 2. The Morgan fingerprint density at radius 3 is 1.58 bits per heavy atom. The number of carboxylic acid groups (broad SMARTS) is 1. The highest BCUT2D eigenvalue weighted by molar-refractivity contribution is 7.80. The summed E-state index contributed by atoms with van der Waals surface area (Å²) in [5.41, 5.74) is 3.55. The summed E-state index contributed by atoms with van der Waals surface area (Å²) in [6, 6.07) is 5.93. The van der Waals surface area contributed by atoms with Crippen molar-refractivity contribution >= 4 is 95.5 Å². The van der Waals surface area contributed by atoms with Crippen molar-refractivity contribution in [1.82, 2.24) is 20.2 Å². The summed E-state index contributed by atoms with van der Waals surface area (Å²) in [5, 5.41) is 39.3. The van der Waals surface area contributed by atoms with Crippen LogP contribution in [0.5, 0.6) is 0 Å². The zero-order valence-electron chi connectivity index (χ0n) is 51.4.